The first-order chi connectivity index (χ1) is 8.15. The van der Waals surface area contributed by atoms with Crippen LogP contribution in [0, 0.1) is 10.1 Å². The van der Waals surface area contributed by atoms with Gasteiger partial charge in [0.2, 0.25) is 5.91 Å². The number of carbonyl (C=O) groups excluding carboxylic acids is 1. The Kier molecular flexibility index (Phi) is 3.34. The fourth-order valence-electron chi connectivity index (χ4n) is 1.85. The number of piperazine rings is 1. The van der Waals surface area contributed by atoms with Crippen molar-refractivity contribution in [2.24, 2.45) is 0 Å². The summed E-state index contributed by atoms with van der Waals surface area (Å²) in [4.78, 5) is 23.4. The summed E-state index contributed by atoms with van der Waals surface area (Å²) in [5, 5.41) is 13.4. The summed E-state index contributed by atoms with van der Waals surface area (Å²) >= 11 is 0. The second kappa shape index (κ2) is 4.92. The van der Waals surface area contributed by atoms with Crippen LogP contribution in [0.3, 0.4) is 0 Å². The number of nitrogens with zero attached hydrogens (tertiary/aromatic N) is 2. The lowest BCUT2D eigenvalue weighted by molar-refractivity contribution is -0.384. The zero-order chi connectivity index (χ0) is 12.3. The summed E-state index contributed by atoms with van der Waals surface area (Å²) in [5.74, 6) is 0.00156. The van der Waals surface area contributed by atoms with Gasteiger partial charge >= 0.3 is 0 Å². The largest absolute Gasteiger partial charge is 0.354 e. The Labute approximate surface area is 98.4 Å². The van der Waals surface area contributed by atoms with Crippen molar-refractivity contribution < 1.29 is 9.72 Å². The van der Waals surface area contributed by atoms with Gasteiger partial charge in [-0.2, -0.15) is 0 Å². The SMILES string of the molecule is O=C1CN(Cc2cccc([N+](=O)[O-])c2)CCN1. The van der Waals surface area contributed by atoms with E-state index in [4.69, 9.17) is 0 Å². The van der Waals surface area contributed by atoms with Crippen LogP contribution >= 0.6 is 0 Å². The highest BCUT2D eigenvalue weighted by Crippen LogP contribution is 2.14. The van der Waals surface area contributed by atoms with Crippen molar-refractivity contribution in [1.82, 2.24) is 10.2 Å². The topological polar surface area (TPSA) is 75.5 Å². The highest BCUT2D eigenvalue weighted by Gasteiger charge is 2.16. The molecule has 0 aliphatic carbocycles. The number of amides is 1. The number of carbonyl (C=O) groups is 1. The Morgan fingerprint density at radius 3 is 3.00 bits per heavy atom. The van der Waals surface area contributed by atoms with E-state index >= 15 is 0 Å². The van der Waals surface area contributed by atoms with Gasteiger partial charge in [-0.25, -0.2) is 0 Å². The van der Waals surface area contributed by atoms with Gasteiger partial charge in [0.05, 0.1) is 11.5 Å². The van der Waals surface area contributed by atoms with E-state index in [-0.39, 0.29) is 11.6 Å². The minimum absolute atomic E-state index is 0.00156. The van der Waals surface area contributed by atoms with Crippen LogP contribution in [-0.4, -0.2) is 35.4 Å². The number of nitrogens with one attached hydrogen (secondary N) is 1. The lowest BCUT2D eigenvalue weighted by atomic mass is 10.2. The second-order valence-electron chi connectivity index (χ2n) is 3.99. The van der Waals surface area contributed by atoms with Crippen LogP contribution < -0.4 is 5.32 Å². The van der Waals surface area contributed by atoms with Gasteiger partial charge in [-0.1, -0.05) is 12.1 Å². The van der Waals surface area contributed by atoms with Crippen LogP contribution in [0.4, 0.5) is 5.69 Å². The molecule has 0 aromatic heterocycles. The lowest BCUT2D eigenvalue weighted by Gasteiger charge is -2.26. The molecule has 1 fully saturated rings. The zero-order valence-electron chi connectivity index (χ0n) is 9.26. The quantitative estimate of drug-likeness (QED) is 0.612. The summed E-state index contributed by atoms with van der Waals surface area (Å²) in [7, 11) is 0. The molecule has 1 aliphatic heterocycles. The third-order valence-corrected chi connectivity index (χ3v) is 2.64. The van der Waals surface area contributed by atoms with Gasteiger partial charge in [0.25, 0.3) is 5.69 Å². The van der Waals surface area contributed by atoms with E-state index in [9.17, 15) is 14.9 Å². The van der Waals surface area contributed by atoms with Crippen LogP contribution in [0.15, 0.2) is 24.3 Å². The molecule has 6 heteroatoms. The molecule has 1 heterocycles. The number of non-ortho nitro benzene ring substituents is 1. The molecular weight excluding hydrogens is 222 g/mol. The molecule has 1 aromatic rings. The molecule has 1 aromatic carbocycles. The van der Waals surface area contributed by atoms with Crippen molar-refractivity contribution in [3.05, 3.63) is 39.9 Å². The highest BCUT2D eigenvalue weighted by molar-refractivity contribution is 5.78. The van der Waals surface area contributed by atoms with Crippen molar-refractivity contribution in [3.8, 4) is 0 Å². The Balaban J connectivity index is 2.05. The van der Waals surface area contributed by atoms with Crippen LogP contribution in [0.2, 0.25) is 0 Å². The summed E-state index contributed by atoms with van der Waals surface area (Å²) in [6.07, 6.45) is 0. The minimum atomic E-state index is -0.410. The van der Waals surface area contributed by atoms with Crippen molar-refractivity contribution in [2.45, 2.75) is 6.54 Å². The predicted molar refractivity (Wildman–Crippen MR) is 61.4 cm³/mol. The van der Waals surface area contributed by atoms with E-state index in [0.29, 0.717) is 19.6 Å². The van der Waals surface area contributed by atoms with Crippen LogP contribution in [0.5, 0.6) is 0 Å². The molecule has 0 radical (unpaired) electrons. The Morgan fingerprint density at radius 2 is 2.29 bits per heavy atom. The maximum absolute atomic E-state index is 11.2. The van der Waals surface area contributed by atoms with E-state index < -0.39 is 4.92 Å². The monoisotopic (exact) mass is 235 g/mol. The maximum Gasteiger partial charge on any atom is 0.269 e. The van der Waals surface area contributed by atoms with Crippen molar-refractivity contribution in [3.63, 3.8) is 0 Å². The molecule has 1 amide bonds. The Hall–Kier alpha value is -1.95. The number of hydrogen-bond acceptors (Lipinski definition) is 4. The van der Waals surface area contributed by atoms with Gasteiger partial charge in [-0.05, 0) is 5.56 Å². The third-order valence-electron chi connectivity index (χ3n) is 2.64. The summed E-state index contributed by atoms with van der Waals surface area (Å²) in [6, 6.07) is 6.51. The van der Waals surface area contributed by atoms with Gasteiger partial charge in [-0.3, -0.25) is 19.8 Å². The number of nitro benzene ring substituents is 1. The smallest absolute Gasteiger partial charge is 0.269 e. The lowest BCUT2D eigenvalue weighted by Crippen LogP contribution is -2.47. The number of hydrogen-bond donors (Lipinski definition) is 1. The molecule has 0 unspecified atom stereocenters. The molecule has 1 aliphatic rings. The predicted octanol–water partition coefficient (Wildman–Crippen LogP) is 0.527. The summed E-state index contributed by atoms with van der Waals surface area (Å²) < 4.78 is 0. The molecule has 1 saturated heterocycles. The number of nitro groups is 1. The standard InChI is InChI=1S/C11H13N3O3/c15-11-8-13(5-4-12-11)7-9-2-1-3-10(6-9)14(16)17/h1-3,6H,4-5,7-8H2,(H,12,15). The first-order valence-corrected chi connectivity index (χ1v) is 5.37. The average molecular weight is 235 g/mol. The van der Waals surface area contributed by atoms with Crippen LogP contribution in [0.1, 0.15) is 5.56 Å². The first kappa shape index (κ1) is 11.5. The molecule has 2 rings (SSSR count). The van der Waals surface area contributed by atoms with Crippen LogP contribution in [-0.2, 0) is 11.3 Å². The Morgan fingerprint density at radius 1 is 1.47 bits per heavy atom. The molecule has 6 nitrogen and oxygen atoms in total. The fourth-order valence-corrected chi connectivity index (χ4v) is 1.85. The molecular formula is C11H13N3O3. The maximum atomic E-state index is 11.2. The van der Waals surface area contributed by atoms with Gasteiger partial charge in [0, 0.05) is 31.8 Å². The summed E-state index contributed by atoms with van der Waals surface area (Å²) in [6.45, 7) is 2.32. The van der Waals surface area contributed by atoms with Crippen molar-refractivity contribution in [1.29, 1.82) is 0 Å². The van der Waals surface area contributed by atoms with Gasteiger partial charge < -0.3 is 5.32 Å². The first-order valence-electron chi connectivity index (χ1n) is 5.37. The fraction of sp³-hybridized carbons (Fsp3) is 0.364. The zero-order valence-corrected chi connectivity index (χ0v) is 9.26. The van der Waals surface area contributed by atoms with E-state index in [1.165, 1.54) is 6.07 Å². The normalized spacial score (nSPS) is 16.6. The summed E-state index contributed by atoms with van der Waals surface area (Å²) in [5.41, 5.74) is 0.942. The molecule has 0 saturated carbocycles. The van der Waals surface area contributed by atoms with Crippen LogP contribution in [0.25, 0.3) is 0 Å². The molecule has 1 N–H and O–H groups in total. The molecule has 17 heavy (non-hydrogen) atoms. The molecule has 90 valence electrons. The van der Waals surface area contributed by atoms with Gasteiger partial charge in [0.1, 0.15) is 0 Å². The van der Waals surface area contributed by atoms with E-state index in [1.807, 2.05) is 11.0 Å². The number of benzene rings is 1. The van der Waals surface area contributed by atoms with E-state index in [1.54, 1.807) is 12.1 Å². The second-order valence-corrected chi connectivity index (χ2v) is 3.99. The van der Waals surface area contributed by atoms with E-state index in [0.717, 1.165) is 12.1 Å². The molecule has 0 atom stereocenters. The molecule has 0 bridgehead atoms. The van der Waals surface area contributed by atoms with Crippen molar-refractivity contribution >= 4 is 11.6 Å². The third kappa shape index (κ3) is 3.01. The average Bonchev–Trinajstić information content (AvgIpc) is 2.29. The Bertz CT molecular complexity index is 447. The van der Waals surface area contributed by atoms with Gasteiger partial charge in [0.15, 0.2) is 0 Å². The van der Waals surface area contributed by atoms with Crippen molar-refractivity contribution in [2.75, 3.05) is 19.6 Å². The van der Waals surface area contributed by atoms with E-state index in [2.05, 4.69) is 5.32 Å². The number of rotatable bonds is 3. The highest BCUT2D eigenvalue weighted by atomic mass is 16.6. The minimum Gasteiger partial charge on any atom is -0.354 e. The molecule has 0 spiro atoms. The van der Waals surface area contributed by atoms with Gasteiger partial charge in [-0.15, -0.1) is 0 Å².